The maximum atomic E-state index is 13.3. The monoisotopic (exact) mass is 407 g/mol. The van der Waals surface area contributed by atoms with E-state index in [1.165, 1.54) is 6.92 Å². The topological polar surface area (TPSA) is 72.4 Å². The Balaban J connectivity index is 2.03. The van der Waals surface area contributed by atoms with Crippen molar-refractivity contribution in [2.24, 2.45) is 0 Å². The molecule has 158 valence electrons. The molecular formula is C24H29N3O3. The van der Waals surface area contributed by atoms with Gasteiger partial charge in [-0.3, -0.25) is 9.59 Å². The lowest BCUT2D eigenvalue weighted by molar-refractivity contribution is -0.114. The fourth-order valence-electron chi connectivity index (χ4n) is 3.84. The molecule has 2 aromatic carbocycles. The minimum absolute atomic E-state index is 0.149. The van der Waals surface area contributed by atoms with Gasteiger partial charge in [-0.05, 0) is 68.7 Å². The summed E-state index contributed by atoms with van der Waals surface area (Å²) in [5.74, 6) is 0.478. The summed E-state index contributed by atoms with van der Waals surface area (Å²) >= 11 is 0. The van der Waals surface area contributed by atoms with Gasteiger partial charge in [0.1, 0.15) is 11.4 Å². The first kappa shape index (κ1) is 21.4. The van der Waals surface area contributed by atoms with E-state index in [1.807, 2.05) is 62.6 Å². The van der Waals surface area contributed by atoms with Gasteiger partial charge in [0.2, 0.25) is 5.91 Å². The molecule has 0 unspecified atom stereocenters. The first-order valence-electron chi connectivity index (χ1n) is 10.4. The lowest BCUT2D eigenvalue weighted by atomic mass is 10.1. The van der Waals surface area contributed by atoms with Crippen LogP contribution >= 0.6 is 0 Å². The summed E-state index contributed by atoms with van der Waals surface area (Å²) in [5.41, 5.74) is 4.93. The Bertz CT molecular complexity index is 1100. The summed E-state index contributed by atoms with van der Waals surface area (Å²) in [5, 5.41) is 6.85. The Hall–Kier alpha value is -3.28. The Morgan fingerprint density at radius 3 is 2.43 bits per heavy atom. The molecule has 0 aliphatic carbocycles. The minimum atomic E-state index is -0.168. The number of rotatable bonds is 7. The molecule has 0 aliphatic rings. The van der Waals surface area contributed by atoms with Gasteiger partial charge in [0.05, 0.1) is 6.61 Å². The predicted octanol–water partition coefficient (Wildman–Crippen LogP) is 5.14. The summed E-state index contributed by atoms with van der Waals surface area (Å²) < 4.78 is 7.67. The van der Waals surface area contributed by atoms with Gasteiger partial charge in [-0.1, -0.05) is 13.0 Å². The van der Waals surface area contributed by atoms with E-state index in [4.69, 9.17) is 4.74 Å². The van der Waals surface area contributed by atoms with Gasteiger partial charge in [0, 0.05) is 35.7 Å². The van der Waals surface area contributed by atoms with Crippen LogP contribution < -0.4 is 15.4 Å². The summed E-state index contributed by atoms with van der Waals surface area (Å²) in [4.78, 5) is 24.8. The number of benzene rings is 2. The molecule has 0 saturated carbocycles. The third kappa shape index (κ3) is 4.17. The number of ether oxygens (including phenoxy) is 1. The van der Waals surface area contributed by atoms with Crippen molar-refractivity contribution in [2.75, 3.05) is 17.2 Å². The maximum absolute atomic E-state index is 13.3. The molecule has 0 bridgehead atoms. The number of hydrogen-bond acceptors (Lipinski definition) is 3. The second kappa shape index (κ2) is 9.03. The average molecular weight is 408 g/mol. The maximum Gasteiger partial charge on any atom is 0.272 e. The molecule has 3 aromatic rings. The quantitative estimate of drug-likeness (QED) is 0.569. The molecule has 0 spiro atoms. The molecule has 0 radical (unpaired) electrons. The fourth-order valence-corrected chi connectivity index (χ4v) is 3.84. The van der Waals surface area contributed by atoms with Gasteiger partial charge in [-0.15, -0.1) is 0 Å². The molecule has 1 aromatic heterocycles. The molecule has 6 heteroatoms. The van der Waals surface area contributed by atoms with E-state index in [2.05, 4.69) is 10.6 Å². The van der Waals surface area contributed by atoms with Gasteiger partial charge >= 0.3 is 0 Å². The van der Waals surface area contributed by atoms with Gasteiger partial charge in [0.25, 0.3) is 5.91 Å². The number of amides is 2. The zero-order valence-electron chi connectivity index (χ0n) is 18.3. The summed E-state index contributed by atoms with van der Waals surface area (Å²) in [6.45, 7) is 10.7. The molecule has 30 heavy (non-hydrogen) atoms. The molecule has 2 amide bonds. The number of aryl methyl sites for hydroxylation is 3. The standard InChI is InChI=1S/C24H29N3O3/c1-6-17-9-10-18(25-16(5)28)13-21(17)26-24(29)23-15(4)20-14-19(30-8-3)11-12-22(20)27(23)7-2/h9-14H,6-8H2,1-5H3,(H,25,28)(H,26,29). The van der Waals surface area contributed by atoms with Gasteiger partial charge in [0.15, 0.2) is 0 Å². The van der Waals surface area contributed by atoms with Crippen LogP contribution in [0.15, 0.2) is 36.4 Å². The highest BCUT2D eigenvalue weighted by atomic mass is 16.5. The number of nitrogens with one attached hydrogen (secondary N) is 2. The third-order valence-electron chi connectivity index (χ3n) is 5.19. The number of hydrogen-bond donors (Lipinski definition) is 2. The molecule has 1 heterocycles. The fraction of sp³-hybridized carbons (Fsp3) is 0.333. The van der Waals surface area contributed by atoms with E-state index in [0.717, 1.165) is 34.2 Å². The number of carbonyl (C=O) groups excluding carboxylic acids is 2. The van der Waals surface area contributed by atoms with Crippen LogP contribution in [0, 0.1) is 6.92 Å². The predicted molar refractivity (Wildman–Crippen MR) is 122 cm³/mol. The molecule has 0 saturated heterocycles. The number of anilines is 2. The first-order valence-corrected chi connectivity index (χ1v) is 10.4. The average Bonchev–Trinajstić information content (AvgIpc) is 2.99. The van der Waals surface area contributed by atoms with Crippen molar-refractivity contribution in [3.8, 4) is 5.75 Å². The molecule has 2 N–H and O–H groups in total. The van der Waals surface area contributed by atoms with E-state index in [9.17, 15) is 9.59 Å². The molecular weight excluding hydrogens is 378 g/mol. The SMILES string of the molecule is CCOc1ccc2c(c1)c(C)c(C(=O)Nc1cc(NC(C)=O)ccc1CC)n2CC. The Kier molecular flexibility index (Phi) is 6.45. The Morgan fingerprint density at radius 1 is 1.03 bits per heavy atom. The van der Waals surface area contributed by atoms with Crippen LogP contribution in [0.5, 0.6) is 5.75 Å². The largest absolute Gasteiger partial charge is 0.494 e. The van der Waals surface area contributed by atoms with Gasteiger partial charge < -0.3 is 19.9 Å². The first-order chi connectivity index (χ1) is 14.4. The lowest BCUT2D eigenvalue weighted by Crippen LogP contribution is -2.19. The van der Waals surface area contributed by atoms with Crippen LogP contribution in [-0.2, 0) is 17.8 Å². The van der Waals surface area contributed by atoms with E-state index in [-0.39, 0.29) is 11.8 Å². The highest BCUT2D eigenvalue weighted by Gasteiger charge is 2.21. The summed E-state index contributed by atoms with van der Waals surface area (Å²) in [7, 11) is 0. The number of carbonyl (C=O) groups is 2. The molecule has 0 fully saturated rings. The van der Waals surface area contributed by atoms with Crippen molar-refractivity contribution in [3.63, 3.8) is 0 Å². The zero-order valence-corrected chi connectivity index (χ0v) is 18.3. The molecule has 0 aliphatic heterocycles. The second-order valence-corrected chi connectivity index (χ2v) is 7.19. The normalized spacial score (nSPS) is 10.8. The van der Waals surface area contributed by atoms with Crippen molar-refractivity contribution < 1.29 is 14.3 Å². The number of fused-ring (bicyclic) bond motifs is 1. The van der Waals surface area contributed by atoms with Crippen LogP contribution in [0.4, 0.5) is 11.4 Å². The van der Waals surface area contributed by atoms with E-state index < -0.39 is 0 Å². The lowest BCUT2D eigenvalue weighted by Gasteiger charge is -2.14. The van der Waals surface area contributed by atoms with Crippen molar-refractivity contribution >= 4 is 34.1 Å². The minimum Gasteiger partial charge on any atom is -0.494 e. The van der Waals surface area contributed by atoms with E-state index >= 15 is 0 Å². The van der Waals surface area contributed by atoms with E-state index in [0.29, 0.717) is 30.2 Å². The Morgan fingerprint density at radius 2 is 1.80 bits per heavy atom. The van der Waals surface area contributed by atoms with Crippen LogP contribution in [0.3, 0.4) is 0 Å². The molecule has 6 nitrogen and oxygen atoms in total. The third-order valence-corrected chi connectivity index (χ3v) is 5.19. The molecule has 0 atom stereocenters. The number of aromatic nitrogens is 1. The van der Waals surface area contributed by atoms with Crippen LogP contribution in [0.25, 0.3) is 10.9 Å². The highest BCUT2D eigenvalue weighted by Crippen LogP contribution is 2.30. The van der Waals surface area contributed by atoms with Gasteiger partial charge in [-0.25, -0.2) is 0 Å². The summed E-state index contributed by atoms with van der Waals surface area (Å²) in [6, 6.07) is 11.5. The highest BCUT2D eigenvalue weighted by molar-refractivity contribution is 6.09. The van der Waals surface area contributed by atoms with Crippen LogP contribution in [0.2, 0.25) is 0 Å². The molecule has 3 rings (SSSR count). The van der Waals surface area contributed by atoms with Crippen molar-refractivity contribution in [1.29, 1.82) is 0 Å². The van der Waals surface area contributed by atoms with Crippen molar-refractivity contribution in [3.05, 3.63) is 53.2 Å². The van der Waals surface area contributed by atoms with Crippen molar-refractivity contribution in [2.45, 2.75) is 47.6 Å². The van der Waals surface area contributed by atoms with Crippen LogP contribution in [-0.4, -0.2) is 23.0 Å². The van der Waals surface area contributed by atoms with Crippen LogP contribution in [0.1, 0.15) is 49.3 Å². The zero-order chi connectivity index (χ0) is 21.8. The van der Waals surface area contributed by atoms with E-state index in [1.54, 1.807) is 6.07 Å². The summed E-state index contributed by atoms with van der Waals surface area (Å²) in [6.07, 6.45) is 0.767. The number of nitrogens with zero attached hydrogens (tertiary/aromatic N) is 1. The second-order valence-electron chi connectivity index (χ2n) is 7.19. The smallest absolute Gasteiger partial charge is 0.272 e. The van der Waals surface area contributed by atoms with Gasteiger partial charge in [-0.2, -0.15) is 0 Å². The Labute approximate surface area is 177 Å². The van der Waals surface area contributed by atoms with Crippen molar-refractivity contribution in [1.82, 2.24) is 4.57 Å².